The number of carboxylic acids is 2. The zero-order valence-corrected chi connectivity index (χ0v) is 41.8. The Morgan fingerprint density at radius 2 is 0.746 bits per heavy atom. The van der Waals surface area contributed by atoms with Crippen LogP contribution in [-0.2, 0) is 32.3 Å². The van der Waals surface area contributed by atoms with Gasteiger partial charge < -0.3 is 39.5 Å². The second-order valence-corrected chi connectivity index (χ2v) is 16.4. The van der Waals surface area contributed by atoms with Crippen LogP contribution in [0.15, 0.2) is 60.7 Å². The van der Waals surface area contributed by atoms with Crippen molar-refractivity contribution in [1.29, 1.82) is 0 Å². The number of hydrogen-bond donors (Lipinski definition) is 2. The van der Waals surface area contributed by atoms with E-state index in [0.29, 0.717) is 26.1 Å². The van der Waals surface area contributed by atoms with Crippen LogP contribution in [0.3, 0.4) is 0 Å². The fourth-order valence-corrected chi connectivity index (χ4v) is 7.21. The van der Waals surface area contributed by atoms with E-state index in [0.717, 1.165) is 154 Å². The van der Waals surface area contributed by atoms with Crippen molar-refractivity contribution in [2.24, 2.45) is 0 Å². The fourth-order valence-electron chi connectivity index (χ4n) is 7.21. The molecule has 0 saturated carbocycles. The topological polar surface area (TPSA) is 139 Å². The monoisotopic (exact) mass is 949 g/mol. The zero-order valence-electron chi connectivity index (χ0n) is 37.3. The van der Waals surface area contributed by atoms with E-state index < -0.39 is 11.9 Å². The Bertz CT molecular complexity index is 1110. The molecular weight excluding hydrogens is 866 g/mol. The SMILES string of the molecule is CCCCC(O)CCCCCC(CCCCCCC(=O)[O-])OCc1ccccc1.CCCCC(O)CCCCCC(CCCCCCC(=O)[O-])OCc1ccccc1.[Ba+2]. The molecule has 0 fully saturated rings. The van der Waals surface area contributed by atoms with Gasteiger partial charge >= 0.3 is 48.9 Å². The summed E-state index contributed by atoms with van der Waals surface area (Å²) >= 11 is 0. The van der Waals surface area contributed by atoms with Crippen molar-refractivity contribution >= 4 is 60.8 Å². The van der Waals surface area contributed by atoms with Gasteiger partial charge in [-0.1, -0.05) is 177 Å². The Morgan fingerprint density at radius 1 is 0.458 bits per heavy atom. The molecule has 2 aromatic carbocycles. The molecule has 0 aromatic heterocycles. The molecule has 0 aliphatic carbocycles. The Balaban J connectivity index is 0.00000112. The van der Waals surface area contributed by atoms with Gasteiger partial charge in [-0.05, 0) is 88.2 Å². The first kappa shape index (κ1) is 57.8. The van der Waals surface area contributed by atoms with E-state index >= 15 is 0 Å². The van der Waals surface area contributed by atoms with Crippen LogP contribution in [0.1, 0.15) is 205 Å². The molecule has 0 aliphatic heterocycles. The van der Waals surface area contributed by atoms with Crippen molar-refractivity contribution in [3.63, 3.8) is 0 Å². The van der Waals surface area contributed by atoms with Gasteiger partial charge in [-0.2, -0.15) is 0 Å². The van der Waals surface area contributed by atoms with Crippen LogP contribution >= 0.6 is 0 Å². The van der Waals surface area contributed by atoms with Gasteiger partial charge in [0.1, 0.15) is 0 Å². The fraction of sp³-hybridized carbons (Fsp3) is 0.720. The van der Waals surface area contributed by atoms with E-state index in [-0.39, 0.29) is 86.1 Å². The number of aliphatic hydroxyl groups is 2. The molecule has 0 spiro atoms. The van der Waals surface area contributed by atoms with Gasteiger partial charge in [0.15, 0.2) is 0 Å². The number of carbonyl (C=O) groups is 2. The summed E-state index contributed by atoms with van der Waals surface area (Å²) in [5.41, 5.74) is 2.40. The van der Waals surface area contributed by atoms with Gasteiger partial charge in [0.05, 0.1) is 37.6 Å². The van der Waals surface area contributed by atoms with Crippen molar-refractivity contribution in [3.8, 4) is 0 Å². The minimum absolute atomic E-state index is 0. The van der Waals surface area contributed by atoms with Gasteiger partial charge in [0.25, 0.3) is 0 Å². The summed E-state index contributed by atoms with van der Waals surface area (Å²) in [5, 5.41) is 40.9. The number of ether oxygens (including phenoxy) is 2. The Labute approximate surface area is 400 Å². The number of aliphatic hydroxyl groups excluding tert-OH is 2. The van der Waals surface area contributed by atoms with E-state index in [1.165, 1.54) is 11.1 Å². The van der Waals surface area contributed by atoms with E-state index in [1.54, 1.807) is 0 Å². The zero-order chi connectivity index (χ0) is 42.3. The molecule has 0 saturated heterocycles. The smallest absolute Gasteiger partial charge is 0.550 e. The predicted molar refractivity (Wildman–Crippen MR) is 238 cm³/mol. The van der Waals surface area contributed by atoms with E-state index in [2.05, 4.69) is 38.1 Å². The summed E-state index contributed by atoms with van der Waals surface area (Å²) in [7, 11) is 0. The molecule has 8 nitrogen and oxygen atoms in total. The van der Waals surface area contributed by atoms with E-state index in [1.807, 2.05) is 36.4 Å². The van der Waals surface area contributed by atoms with Gasteiger partial charge in [-0.15, -0.1) is 0 Å². The molecule has 2 N–H and O–H groups in total. The van der Waals surface area contributed by atoms with E-state index in [4.69, 9.17) is 9.47 Å². The third-order valence-corrected chi connectivity index (χ3v) is 10.9. The summed E-state index contributed by atoms with van der Waals surface area (Å²) in [6.45, 7) is 5.61. The maximum atomic E-state index is 10.5. The standard InChI is InChI=1S/2C25H42O4.Ba/c2*1-2-3-16-23(26)17-10-7-12-19-24(18-11-4-5-13-20-25(27)28)29-21-22-14-8-6-9-15-22;/h2*6,8-9,14-15,23-24,26H,2-5,7,10-13,16-21H2,1H3,(H,27,28);/q;;+2/p-2. The molecule has 4 unspecified atom stereocenters. The minimum atomic E-state index is -0.950. The minimum Gasteiger partial charge on any atom is -0.550 e. The summed E-state index contributed by atoms with van der Waals surface area (Å²) < 4.78 is 12.4. The van der Waals surface area contributed by atoms with Gasteiger partial charge in [-0.3, -0.25) is 0 Å². The number of benzene rings is 2. The van der Waals surface area contributed by atoms with Crippen LogP contribution in [-0.4, -0.2) is 95.4 Å². The molecule has 2 rings (SSSR count). The average molecular weight is 949 g/mol. The van der Waals surface area contributed by atoms with Crippen molar-refractivity contribution < 1.29 is 39.5 Å². The molecule has 0 amide bonds. The third-order valence-electron chi connectivity index (χ3n) is 10.9. The van der Waals surface area contributed by atoms with Crippen LogP contribution in [0.4, 0.5) is 0 Å². The molecule has 9 heteroatoms. The first-order valence-corrected chi connectivity index (χ1v) is 23.3. The first-order valence-electron chi connectivity index (χ1n) is 23.3. The Morgan fingerprint density at radius 3 is 1.07 bits per heavy atom. The molecule has 0 bridgehead atoms. The average Bonchev–Trinajstić information content (AvgIpc) is 3.22. The van der Waals surface area contributed by atoms with Crippen LogP contribution < -0.4 is 10.2 Å². The van der Waals surface area contributed by atoms with Gasteiger partial charge in [0, 0.05) is 11.9 Å². The van der Waals surface area contributed by atoms with Crippen LogP contribution in [0.2, 0.25) is 0 Å². The third kappa shape index (κ3) is 38.2. The van der Waals surface area contributed by atoms with Gasteiger partial charge in [-0.25, -0.2) is 0 Å². The van der Waals surface area contributed by atoms with Crippen LogP contribution in [0.5, 0.6) is 0 Å². The first-order chi connectivity index (χ1) is 28.2. The van der Waals surface area contributed by atoms with Crippen molar-refractivity contribution in [2.45, 2.75) is 231 Å². The summed E-state index contributed by atoms with van der Waals surface area (Å²) in [6.07, 6.45) is 27.1. The molecular formula is C50H82BaO8. The van der Waals surface area contributed by atoms with Crippen molar-refractivity contribution in [3.05, 3.63) is 71.8 Å². The molecule has 0 aliphatic rings. The van der Waals surface area contributed by atoms with Crippen LogP contribution in [0, 0.1) is 0 Å². The predicted octanol–water partition coefficient (Wildman–Crippen LogP) is 9.95. The molecule has 332 valence electrons. The maximum Gasteiger partial charge on any atom is 2.00 e. The number of hydrogen-bond acceptors (Lipinski definition) is 8. The largest absolute Gasteiger partial charge is 2.00 e. The Hall–Kier alpha value is -1.21. The van der Waals surface area contributed by atoms with Gasteiger partial charge in [0.2, 0.25) is 0 Å². The molecule has 2 aromatic rings. The second-order valence-electron chi connectivity index (χ2n) is 16.4. The normalized spacial score (nSPS) is 13.1. The van der Waals surface area contributed by atoms with Crippen molar-refractivity contribution in [1.82, 2.24) is 0 Å². The molecule has 59 heavy (non-hydrogen) atoms. The summed E-state index contributed by atoms with van der Waals surface area (Å²) in [5.74, 6) is -1.90. The number of carboxylic acid groups (broad SMARTS) is 2. The van der Waals surface area contributed by atoms with Crippen molar-refractivity contribution in [2.75, 3.05) is 0 Å². The number of unbranched alkanes of at least 4 members (excludes halogenated alkanes) is 12. The maximum absolute atomic E-state index is 10.5. The summed E-state index contributed by atoms with van der Waals surface area (Å²) in [4.78, 5) is 21.0. The molecule has 0 heterocycles. The Kier molecular flexibility index (Phi) is 41.2. The number of carbonyl (C=O) groups excluding carboxylic acids is 2. The number of aliphatic carboxylic acids is 2. The quantitative estimate of drug-likeness (QED) is 0.0501. The summed E-state index contributed by atoms with van der Waals surface area (Å²) in [6, 6.07) is 20.5. The second kappa shape index (κ2) is 42.1. The number of rotatable bonds is 38. The van der Waals surface area contributed by atoms with Crippen LogP contribution in [0.25, 0.3) is 0 Å². The molecule has 4 atom stereocenters. The molecule has 0 radical (unpaired) electrons. The van der Waals surface area contributed by atoms with E-state index in [9.17, 15) is 30.0 Å².